The molecule has 0 saturated heterocycles. The molecule has 2 heterocycles. The van der Waals surface area contributed by atoms with Crippen molar-refractivity contribution in [2.24, 2.45) is 5.92 Å². The molecule has 0 bridgehead atoms. The molecule has 1 aliphatic heterocycles. The van der Waals surface area contributed by atoms with Gasteiger partial charge < -0.3 is 19.9 Å². The molecule has 1 aromatic heterocycles. The Morgan fingerprint density at radius 3 is 2.71 bits per heavy atom. The van der Waals surface area contributed by atoms with E-state index in [4.69, 9.17) is 26.1 Å². The second-order valence-corrected chi connectivity index (χ2v) is 9.13. The summed E-state index contributed by atoms with van der Waals surface area (Å²) in [5.74, 6) is 0.0699. The number of aliphatic carboxylic acids is 1. The quantitative estimate of drug-likeness (QED) is 0.452. The molecule has 4 rings (SSSR count). The van der Waals surface area contributed by atoms with Gasteiger partial charge in [0, 0.05) is 22.0 Å². The summed E-state index contributed by atoms with van der Waals surface area (Å²) in [5.41, 5.74) is 2.72. The number of rotatable bonds is 8. The Morgan fingerprint density at radius 2 is 2.00 bits per heavy atom. The Hall–Kier alpha value is -2.77. The van der Waals surface area contributed by atoms with Crippen LogP contribution in [0.25, 0.3) is 11.3 Å². The van der Waals surface area contributed by atoms with E-state index in [1.165, 1.54) is 0 Å². The number of anilines is 1. The maximum Gasteiger partial charge on any atom is 0.308 e. The largest absolute Gasteiger partial charge is 0.481 e. The molecule has 2 aromatic carbocycles. The number of benzene rings is 2. The van der Waals surface area contributed by atoms with Crippen molar-refractivity contribution < 1.29 is 19.4 Å². The number of aromatic nitrogens is 1. The van der Waals surface area contributed by atoms with Crippen LogP contribution in [0.4, 0.5) is 5.13 Å². The monoisotopic (exact) mass is 458 g/mol. The summed E-state index contributed by atoms with van der Waals surface area (Å²) in [7, 11) is 0. The Labute approximate surface area is 189 Å². The Morgan fingerprint density at radius 1 is 1.23 bits per heavy atom. The summed E-state index contributed by atoms with van der Waals surface area (Å²) in [6.45, 7) is 4.65. The first-order valence-electron chi connectivity index (χ1n) is 10.0. The molecule has 0 amide bonds. The van der Waals surface area contributed by atoms with Crippen LogP contribution in [0, 0.1) is 5.92 Å². The fourth-order valence-corrected chi connectivity index (χ4v) is 4.61. The van der Waals surface area contributed by atoms with Crippen LogP contribution in [0.5, 0.6) is 11.5 Å². The maximum atomic E-state index is 11.9. The molecule has 3 aromatic rings. The first-order valence-corrected chi connectivity index (χ1v) is 11.2. The fraction of sp³-hybridized carbons (Fsp3) is 0.304. The van der Waals surface area contributed by atoms with Crippen LogP contribution >= 0.6 is 22.9 Å². The minimum atomic E-state index is -0.873. The number of nitrogens with zero attached hydrogens (tertiary/aromatic N) is 1. The van der Waals surface area contributed by atoms with E-state index in [2.05, 4.69) is 19.2 Å². The molecule has 0 spiro atoms. The third-order valence-electron chi connectivity index (χ3n) is 5.09. The van der Waals surface area contributed by atoms with E-state index in [1.807, 2.05) is 42.5 Å². The molecule has 162 valence electrons. The smallest absolute Gasteiger partial charge is 0.308 e. The van der Waals surface area contributed by atoms with E-state index in [-0.39, 0.29) is 19.3 Å². The zero-order chi connectivity index (χ0) is 22.0. The molecule has 31 heavy (non-hydrogen) atoms. The Bertz CT molecular complexity index is 1080. The third-order valence-corrected chi connectivity index (χ3v) is 6.65. The SMILES string of the molecule is CC(C)c1sc(NCC(Cc2cccc3c2OCO3)C(=O)O)nc1-c1ccc(Cl)cc1. The standard InChI is InChI=1S/C23H23ClN2O4S/c1-13(2)21-19(14-6-8-17(24)9-7-14)26-23(31-21)25-11-16(22(27)28)10-15-4-3-5-18-20(15)30-12-29-18/h3-9,13,16H,10-12H2,1-2H3,(H,25,26)(H,27,28). The summed E-state index contributed by atoms with van der Waals surface area (Å²) >= 11 is 7.57. The van der Waals surface area contributed by atoms with Gasteiger partial charge in [-0.2, -0.15) is 0 Å². The second kappa shape index (κ2) is 9.16. The van der Waals surface area contributed by atoms with Crippen LogP contribution in [-0.4, -0.2) is 29.4 Å². The first kappa shape index (κ1) is 21.5. The molecule has 0 fully saturated rings. The van der Waals surface area contributed by atoms with Crippen molar-refractivity contribution in [1.82, 2.24) is 4.98 Å². The van der Waals surface area contributed by atoms with Crippen LogP contribution in [-0.2, 0) is 11.2 Å². The summed E-state index contributed by atoms with van der Waals surface area (Å²) in [4.78, 5) is 17.8. The highest BCUT2D eigenvalue weighted by molar-refractivity contribution is 7.16. The number of hydrogen-bond acceptors (Lipinski definition) is 6. The van der Waals surface area contributed by atoms with Crippen molar-refractivity contribution in [3.63, 3.8) is 0 Å². The van der Waals surface area contributed by atoms with Gasteiger partial charge in [-0.15, -0.1) is 11.3 Å². The zero-order valence-corrected chi connectivity index (χ0v) is 18.8. The van der Waals surface area contributed by atoms with Gasteiger partial charge in [-0.25, -0.2) is 4.98 Å². The summed E-state index contributed by atoms with van der Waals surface area (Å²) in [6, 6.07) is 13.1. The van der Waals surface area contributed by atoms with Crippen molar-refractivity contribution >= 4 is 34.0 Å². The molecule has 1 unspecified atom stereocenters. The fourth-order valence-electron chi connectivity index (χ4n) is 3.49. The number of carboxylic acid groups (broad SMARTS) is 1. The highest BCUT2D eigenvalue weighted by atomic mass is 35.5. The van der Waals surface area contributed by atoms with Gasteiger partial charge in [0.1, 0.15) is 0 Å². The molecule has 8 heteroatoms. The van der Waals surface area contributed by atoms with Gasteiger partial charge in [0.25, 0.3) is 0 Å². The number of carboxylic acids is 1. The third kappa shape index (κ3) is 4.78. The maximum absolute atomic E-state index is 11.9. The predicted octanol–water partition coefficient (Wildman–Crippen LogP) is 5.67. The number of para-hydroxylation sites is 1. The van der Waals surface area contributed by atoms with Crippen molar-refractivity contribution in [3.8, 4) is 22.8 Å². The number of ether oxygens (including phenoxy) is 2. The zero-order valence-electron chi connectivity index (χ0n) is 17.2. The van der Waals surface area contributed by atoms with Crippen LogP contribution in [0.1, 0.15) is 30.2 Å². The summed E-state index contributed by atoms with van der Waals surface area (Å²) in [6.07, 6.45) is 0.335. The number of carbonyl (C=O) groups is 1. The van der Waals surface area contributed by atoms with E-state index >= 15 is 0 Å². The topological polar surface area (TPSA) is 80.7 Å². The average Bonchev–Trinajstić information content (AvgIpc) is 3.39. The van der Waals surface area contributed by atoms with Crippen molar-refractivity contribution in [1.29, 1.82) is 0 Å². The Balaban J connectivity index is 1.52. The number of thiazole rings is 1. The van der Waals surface area contributed by atoms with Gasteiger partial charge in [-0.3, -0.25) is 4.79 Å². The van der Waals surface area contributed by atoms with Crippen LogP contribution in [0.2, 0.25) is 5.02 Å². The van der Waals surface area contributed by atoms with Gasteiger partial charge in [0.2, 0.25) is 6.79 Å². The van der Waals surface area contributed by atoms with Gasteiger partial charge in [0.15, 0.2) is 16.6 Å². The number of nitrogens with one attached hydrogen (secondary N) is 1. The lowest BCUT2D eigenvalue weighted by molar-refractivity contribution is -0.141. The minimum absolute atomic E-state index is 0.160. The van der Waals surface area contributed by atoms with Crippen molar-refractivity contribution in [2.75, 3.05) is 18.7 Å². The van der Waals surface area contributed by atoms with Crippen LogP contribution in [0.3, 0.4) is 0 Å². The molecule has 1 aliphatic rings. The average molecular weight is 459 g/mol. The van der Waals surface area contributed by atoms with E-state index < -0.39 is 11.9 Å². The molecule has 0 aliphatic carbocycles. The molecular weight excluding hydrogens is 436 g/mol. The first-order chi connectivity index (χ1) is 14.9. The minimum Gasteiger partial charge on any atom is -0.481 e. The number of halogens is 1. The second-order valence-electron chi connectivity index (χ2n) is 7.66. The van der Waals surface area contributed by atoms with Crippen molar-refractivity contribution in [3.05, 3.63) is 57.9 Å². The van der Waals surface area contributed by atoms with E-state index in [0.717, 1.165) is 21.7 Å². The summed E-state index contributed by atoms with van der Waals surface area (Å²) in [5, 5.41) is 14.4. The summed E-state index contributed by atoms with van der Waals surface area (Å²) < 4.78 is 10.9. The molecule has 2 N–H and O–H groups in total. The molecule has 0 saturated carbocycles. The van der Waals surface area contributed by atoms with Gasteiger partial charge in [-0.1, -0.05) is 49.7 Å². The highest BCUT2D eigenvalue weighted by Gasteiger charge is 2.24. The van der Waals surface area contributed by atoms with Crippen molar-refractivity contribution in [2.45, 2.75) is 26.2 Å². The predicted molar refractivity (Wildman–Crippen MR) is 123 cm³/mol. The Kier molecular flexibility index (Phi) is 6.34. The van der Waals surface area contributed by atoms with Gasteiger partial charge >= 0.3 is 5.97 Å². The van der Waals surface area contributed by atoms with Crippen LogP contribution < -0.4 is 14.8 Å². The lowest BCUT2D eigenvalue weighted by Gasteiger charge is -2.14. The molecular formula is C23H23ClN2O4S. The van der Waals surface area contributed by atoms with E-state index in [1.54, 1.807) is 11.3 Å². The van der Waals surface area contributed by atoms with E-state index in [9.17, 15) is 9.90 Å². The molecule has 6 nitrogen and oxygen atoms in total. The molecule has 0 radical (unpaired) electrons. The van der Waals surface area contributed by atoms with E-state index in [0.29, 0.717) is 28.1 Å². The normalized spacial score (nSPS) is 13.4. The lowest BCUT2D eigenvalue weighted by atomic mass is 9.98. The number of hydrogen-bond donors (Lipinski definition) is 2. The number of fused-ring (bicyclic) bond motifs is 1. The lowest BCUT2D eigenvalue weighted by Crippen LogP contribution is -2.25. The van der Waals surface area contributed by atoms with Gasteiger partial charge in [-0.05, 0) is 36.1 Å². The van der Waals surface area contributed by atoms with Gasteiger partial charge in [0.05, 0.1) is 11.6 Å². The highest BCUT2D eigenvalue weighted by Crippen LogP contribution is 2.38. The van der Waals surface area contributed by atoms with Crippen LogP contribution in [0.15, 0.2) is 42.5 Å². The molecule has 1 atom stereocenters.